The van der Waals surface area contributed by atoms with Gasteiger partial charge in [0.1, 0.15) is 4.90 Å². The van der Waals surface area contributed by atoms with Crippen LogP contribution in [0.1, 0.15) is 10.4 Å². The minimum Gasteiger partial charge on any atom is -0.282 e. The molecule has 118 valence electrons. The molecule has 0 unspecified atom stereocenters. The summed E-state index contributed by atoms with van der Waals surface area (Å²) >= 11 is 1.41. The minimum atomic E-state index is -5.87. The van der Waals surface area contributed by atoms with Crippen LogP contribution < -0.4 is 4.72 Å². The van der Waals surface area contributed by atoms with Gasteiger partial charge in [0.25, 0.3) is 16.0 Å². The molecular formula is C8H5F3INO6S2. The van der Waals surface area contributed by atoms with Gasteiger partial charge < -0.3 is 0 Å². The largest absolute Gasteiger partial charge is 0.516 e. The van der Waals surface area contributed by atoms with Crippen molar-refractivity contribution >= 4 is 48.6 Å². The second-order valence-corrected chi connectivity index (χ2v) is 7.73. The first-order valence-corrected chi connectivity index (χ1v) is 8.66. The molecule has 1 aromatic rings. The average molecular weight is 459 g/mol. The first-order valence-electron chi connectivity index (χ1n) is 4.66. The first-order chi connectivity index (χ1) is 9.25. The number of rotatable bonds is 3. The monoisotopic (exact) mass is 459 g/mol. The molecule has 0 saturated carbocycles. The van der Waals surface area contributed by atoms with E-state index in [4.69, 9.17) is 4.55 Å². The number of benzene rings is 1. The van der Waals surface area contributed by atoms with Crippen LogP contribution in [0.4, 0.5) is 13.2 Å². The van der Waals surface area contributed by atoms with E-state index in [0.717, 1.165) is 22.9 Å². The molecule has 7 nitrogen and oxygen atoms in total. The summed E-state index contributed by atoms with van der Waals surface area (Å²) < 4.78 is 89.0. The van der Waals surface area contributed by atoms with E-state index in [1.54, 1.807) is 0 Å². The first kappa shape index (κ1) is 18.1. The Labute approximate surface area is 130 Å². The lowest BCUT2D eigenvalue weighted by atomic mass is 10.2. The van der Waals surface area contributed by atoms with Gasteiger partial charge in [0.2, 0.25) is 0 Å². The maximum atomic E-state index is 12.1. The van der Waals surface area contributed by atoms with E-state index >= 15 is 0 Å². The van der Waals surface area contributed by atoms with Crippen molar-refractivity contribution < 1.29 is 39.4 Å². The van der Waals surface area contributed by atoms with Crippen molar-refractivity contribution in [3.8, 4) is 0 Å². The van der Waals surface area contributed by atoms with Crippen molar-refractivity contribution in [3.63, 3.8) is 0 Å². The number of halogens is 4. The van der Waals surface area contributed by atoms with Crippen LogP contribution >= 0.6 is 22.6 Å². The van der Waals surface area contributed by atoms with E-state index in [2.05, 4.69) is 0 Å². The Hall–Kier alpha value is -0.930. The number of alkyl halides is 3. The van der Waals surface area contributed by atoms with Gasteiger partial charge in [0.15, 0.2) is 0 Å². The standard InChI is InChI=1S/C8H5F3INO6S2/c9-8(10,11)21(18,19)13-7(14)4-1-2-6(5(12)3-4)20(15,16)17/h1-3H,(H,13,14)(H,15,16,17). The van der Waals surface area contributed by atoms with Crippen molar-refractivity contribution in [2.45, 2.75) is 10.4 Å². The highest BCUT2D eigenvalue weighted by Crippen LogP contribution is 2.23. The third kappa shape index (κ3) is 4.27. The van der Waals surface area contributed by atoms with Gasteiger partial charge in [-0.15, -0.1) is 0 Å². The van der Waals surface area contributed by atoms with Gasteiger partial charge in [-0.1, -0.05) is 0 Å². The van der Waals surface area contributed by atoms with Gasteiger partial charge in [-0.3, -0.25) is 9.35 Å². The van der Waals surface area contributed by atoms with Crippen LogP contribution in [0.25, 0.3) is 0 Å². The van der Waals surface area contributed by atoms with E-state index in [9.17, 15) is 34.8 Å². The summed E-state index contributed by atoms with van der Waals surface area (Å²) in [7, 11) is -10.4. The molecule has 0 spiro atoms. The molecule has 0 heterocycles. The smallest absolute Gasteiger partial charge is 0.282 e. The molecule has 0 aliphatic carbocycles. The summed E-state index contributed by atoms with van der Waals surface area (Å²) in [6.07, 6.45) is 0. The highest BCUT2D eigenvalue weighted by Gasteiger charge is 2.47. The molecule has 0 atom stereocenters. The SMILES string of the molecule is O=C(NS(=O)(=O)C(F)(F)F)c1ccc(S(=O)(=O)O)c(I)c1. The topological polar surface area (TPSA) is 118 Å². The molecule has 0 fully saturated rings. The van der Waals surface area contributed by atoms with Crippen LogP contribution in [0.3, 0.4) is 0 Å². The predicted molar refractivity (Wildman–Crippen MR) is 71.4 cm³/mol. The zero-order valence-corrected chi connectivity index (χ0v) is 13.3. The Kier molecular flexibility index (Phi) is 4.91. The van der Waals surface area contributed by atoms with Crippen LogP contribution in [0, 0.1) is 3.57 Å². The second-order valence-electron chi connectivity index (χ2n) is 3.50. The Balaban J connectivity index is 3.15. The molecule has 0 bridgehead atoms. The summed E-state index contributed by atoms with van der Waals surface area (Å²) in [5.74, 6) is -1.59. The van der Waals surface area contributed by atoms with Crippen LogP contribution in [-0.2, 0) is 20.1 Å². The molecule has 0 aliphatic heterocycles. The Bertz CT molecular complexity index is 787. The number of sulfonamides is 1. The Morgan fingerprint density at radius 3 is 2.10 bits per heavy atom. The fourth-order valence-corrected chi connectivity index (χ4v) is 3.46. The summed E-state index contributed by atoms with van der Waals surface area (Å²) in [6.45, 7) is 0. The van der Waals surface area contributed by atoms with Gasteiger partial charge in [-0.05, 0) is 40.8 Å². The summed E-state index contributed by atoms with van der Waals surface area (Å²) in [5, 5.41) is 0. The molecule has 13 heteroatoms. The number of amides is 1. The molecule has 0 saturated heterocycles. The van der Waals surface area contributed by atoms with Crippen molar-refractivity contribution in [1.82, 2.24) is 4.72 Å². The third-order valence-corrected chi connectivity index (χ3v) is 5.24. The molecule has 0 radical (unpaired) electrons. The molecule has 1 rings (SSSR count). The predicted octanol–water partition coefficient (Wildman–Crippen LogP) is 1.12. The van der Waals surface area contributed by atoms with E-state index in [1.807, 2.05) is 0 Å². The molecular weight excluding hydrogens is 454 g/mol. The normalized spacial score (nSPS) is 13.0. The van der Waals surface area contributed by atoms with E-state index < -0.39 is 42.0 Å². The number of hydrogen-bond acceptors (Lipinski definition) is 5. The van der Waals surface area contributed by atoms with E-state index in [-0.39, 0.29) is 3.57 Å². The molecule has 2 N–H and O–H groups in total. The van der Waals surface area contributed by atoms with Gasteiger partial charge in [-0.2, -0.15) is 30.0 Å². The van der Waals surface area contributed by atoms with Crippen LogP contribution in [-0.4, -0.2) is 32.8 Å². The van der Waals surface area contributed by atoms with Gasteiger partial charge in [0.05, 0.1) is 0 Å². The molecule has 0 aromatic heterocycles. The molecule has 1 aromatic carbocycles. The fraction of sp³-hybridized carbons (Fsp3) is 0.125. The number of carbonyl (C=O) groups is 1. The molecule has 1 amide bonds. The zero-order valence-electron chi connectivity index (χ0n) is 9.55. The number of hydrogen-bond donors (Lipinski definition) is 2. The van der Waals surface area contributed by atoms with Crippen molar-refractivity contribution in [2.24, 2.45) is 0 Å². The maximum absolute atomic E-state index is 12.1. The fourth-order valence-electron chi connectivity index (χ4n) is 1.09. The maximum Gasteiger partial charge on any atom is 0.516 e. The third-order valence-electron chi connectivity index (χ3n) is 2.00. The average Bonchev–Trinajstić information content (AvgIpc) is 2.24. The van der Waals surface area contributed by atoms with Crippen molar-refractivity contribution in [1.29, 1.82) is 0 Å². The lowest BCUT2D eigenvalue weighted by Crippen LogP contribution is -2.40. The zero-order chi connectivity index (χ0) is 16.6. The Morgan fingerprint density at radius 2 is 1.71 bits per heavy atom. The van der Waals surface area contributed by atoms with E-state index in [0.29, 0.717) is 0 Å². The van der Waals surface area contributed by atoms with Crippen LogP contribution in [0.2, 0.25) is 0 Å². The molecule has 21 heavy (non-hydrogen) atoms. The summed E-state index contributed by atoms with van der Waals surface area (Å²) in [5.41, 5.74) is -6.19. The van der Waals surface area contributed by atoms with Gasteiger partial charge in [-0.25, -0.2) is 4.72 Å². The minimum absolute atomic E-state index is 0.174. The number of carbonyl (C=O) groups excluding carboxylic acids is 1. The molecule has 0 aliphatic rings. The van der Waals surface area contributed by atoms with Crippen LogP contribution in [0.15, 0.2) is 23.1 Å². The Morgan fingerprint density at radius 1 is 1.19 bits per heavy atom. The van der Waals surface area contributed by atoms with E-state index in [1.165, 1.54) is 22.6 Å². The van der Waals surface area contributed by atoms with Crippen LogP contribution in [0.5, 0.6) is 0 Å². The quantitative estimate of drug-likeness (QED) is 0.517. The van der Waals surface area contributed by atoms with Crippen molar-refractivity contribution in [2.75, 3.05) is 0 Å². The van der Waals surface area contributed by atoms with Gasteiger partial charge >= 0.3 is 15.5 Å². The van der Waals surface area contributed by atoms with Gasteiger partial charge in [0, 0.05) is 9.13 Å². The highest BCUT2D eigenvalue weighted by atomic mass is 127. The summed E-state index contributed by atoms with van der Waals surface area (Å²) in [4.78, 5) is 10.8. The lowest BCUT2D eigenvalue weighted by molar-refractivity contribution is -0.0446. The summed E-state index contributed by atoms with van der Waals surface area (Å²) in [6, 6.07) is 2.32. The highest BCUT2D eigenvalue weighted by molar-refractivity contribution is 14.1. The lowest BCUT2D eigenvalue weighted by Gasteiger charge is -2.10. The number of nitrogens with one attached hydrogen (secondary N) is 1. The second kappa shape index (κ2) is 5.69. The van der Waals surface area contributed by atoms with Crippen molar-refractivity contribution in [3.05, 3.63) is 27.3 Å².